The molecule has 1 N–H and O–H groups in total. The molecule has 7 heteroatoms. The third-order valence-corrected chi connectivity index (χ3v) is 2.94. The van der Waals surface area contributed by atoms with Gasteiger partial charge in [-0.1, -0.05) is 6.07 Å². The van der Waals surface area contributed by atoms with Crippen LogP contribution in [0.2, 0.25) is 0 Å². The van der Waals surface area contributed by atoms with E-state index in [0.29, 0.717) is 11.5 Å². The van der Waals surface area contributed by atoms with E-state index in [9.17, 15) is 4.79 Å². The summed E-state index contributed by atoms with van der Waals surface area (Å²) in [6.07, 6.45) is 1.69. The second-order valence-corrected chi connectivity index (χ2v) is 4.43. The lowest BCUT2D eigenvalue weighted by atomic mass is 10.4. The summed E-state index contributed by atoms with van der Waals surface area (Å²) < 4.78 is 2.86. The first-order valence-corrected chi connectivity index (χ1v) is 6.24. The van der Waals surface area contributed by atoms with Crippen LogP contribution in [0.1, 0.15) is 11.5 Å². The predicted molar refractivity (Wildman–Crippen MR) is 74.9 cm³/mol. The molecular formula is C13H14N6O. The minimum absolute atomic E-state index is 0.197. The molecule has 3 aromatic rings. The Bertz CT molecular complexity index is 819. The zero-order valence-corrected chi connectivity index (χ0v) is 11.2. The van der Waals surface area contributed by atoms with Gasteiger partial charge in [-0.2, -0.15) is 0 Å². The van der Waals surface area contributed by atoms with Crippen LogP contribution in [-0.2, 0) is 6.54 Å². The van der Waals surface area contributed by atoms with E-state index in [1.54, 1.807) is 25.4 Å². The maximum Gasteiger partial charge on any atom is 0.350 e. The van der Waals surface area contributed by atoms with E-state index in [1.807, 2.05) is 19.1 Å². The van der Waals surface area contributed by atoms with Crippen LogP contribution in [-0.4, -0.2) is 31.2 Å². The second-order valence-electron chi connectivity index (χ2n) is 4.43. The molecule has 0 amide bonds. The summed E-state index contributed by atoms with van der Waals surface area (Å²) in [7, 11) is 1.79. The Morgan fingerprint density at radius 2 is 2.15 bits per heavy atom. The molecule has 3 aromatic heterocycles. The molecule has 0 spiro atoms. The fourth-order valence-corrected chi connectivity index (χ4v) is 2.03. The van der Waals surface area contributed by atoms with Gasteiger partial charge in [-0.3, -0.25) is 4.40 Å². The van der Waals surface area contributed by atoms with Crippen molar-refractivity contribution in [2.75, 3.05) is 12.4 Å². The smallest absolute Gasteiger partial charge is 0.350 e. The molecule has 0 atom stereocenters. The molecule has 0 radical (unpaired) electrons. The van der Waals surface area contributed by atoms with Crippen molar-refractivity contribution in [1.82, 2.24) is 24.1 Å². The number of fused-ring (bicyclic) bond motifs is 1. The first-order valence-electron chi connectivity index (χ1n) is 6.24. The Hall–Kier alpha value is -2.70. The number of rotatable bonds is 3. The van der Waals surface area contributed by atoms with Crippen LogP contribution in [0.5, 0.6) is 0 Å². The number of nitrogens with zero attached hydrogens (tertiary/aromatic N) is 5. The van der Waals surface area contributed by atoms with Crippen molar-refractivity contribution in [3.05, 3.63) is 52.5 Å². The maximum atomic E-state index is 12.2. The summed E-state index contributed by atoms with van der Waals surface area (Å²) in [6.45, 7) is 2.13. The van der Waals surface area contributed by atoms with Crippen molar-refractivity contribution < 1.29 is 0 Å². The number of nitrogens with one attached hydrogen (secondary N) is 1. The number of pyridine rings is 1. The summed E-state index contributed by atoms with van der Waals surface area (Å²) >= 11 is 0. The first-order chi connectivity index (χ1) is 9.67. The van der Waals surface area contributed by atoms with E-state index in [0.717, 1.165) is 11.5 Å². The third-order valence-electron chi connectivity index (χ3n) is 2.94. The quantitative estimate of drug-likeness (QED) is 0.757. The highest BCUT2D eigenvalue weighted by Crippen LogP contribution is 2.06. The van der Waals surface area contributed by atoms with E-state index < -0.39 is 0 Å². The molecular weight excluding hydrogens is 256 g/mol. The first kappa shape index (κ1) is 12.3. The molecule has 7 nitrogen and oxygen atoms in total. The van der Waals surface area contributed by atoms with Crippen LogP contribution in [0, 0.1) is 6.92 Å². The summed E-state index contributed by atoms with van der Waals surface area (Å²) in [5.74, 6) is 1.28. The minimum Gasteiger partial charge on any atom is -0.373 e. The molecule has 0 saturated carbocycles. The lowest BCUT2D eigenvalue weighted by Crippen LogP contribution is -2.22. The molecule has 102 valence electrons. The number of hydrogen-bond acceptors (Lipinski definition) is 5. The topological polar surface area (TPSA) is 77.1 Å². The Kier molecular flexibility index (Phi) is 2.94. The number of aromatic nitrogens is 5. The highest BCUT2D eigenvalue weighted by atomic mass is 16.2. The summed E-state index contributed by atoms with van der Waals surface area (Å²) in [5.41, 5.74) is 1.26. The largest absolute Gasteiger partial charge is 0.373 e. The standard InChI is InChI=1S/C13H14N6O/c1-9-7-10(14-2)16-11(15-9)8-19-13(20)18-6-4-3-5-12(18)17-19/h3-7H,8H2,1-2H3,(H,14,15,16). The van der Waals surface area contributed by atoms with Crippen molar-refractivity contribution in [2.45, 2.75) is 13.5 Å². The van der Waals surface area contributed by atoms with Gasteiger partial charge in [0.2, 0.25) is 0 Å². The molecule has 0 aromatic carbocycles. The zero-order valence-electron chi connectivity index (χ0n) is 11.2. The van der Waals surface area contributed by atoms with Crippen LogP contribution in [0.25, 0.3) is 5.65 Å². The number of hydrogen-bond donors (Lipinski definition) is 1. The van der Waals surface area contributed by atoms with Crippen molar-refractivity contribution in [3.8, 4) is 0 Å². The molecule has 3 heterocycles. The van der Waals surface area contributed by atoms with Crippen molar-refractivity contribution in [3.63, 3.8) is 0 Å². The van der Waals surface area contributed by atoms with Crippen molar-refractivity contribution in [1.29, 1.82) is 0 Å². The van der Waals surface area contributed by atoms with Crippen LogP contribution < -0.4 is 11.0 Å². The highest BCUT2D eigenvalue weighted by molar-refractivity contribution is 5.36. The monoisotopic (exact) mass is 270 g/mol. The lowest BCUT2D eigenvalue weighted by molar-refractivity contribution is 0.630. The Morgan fingerprint density at radius 3 is 2.90 bits per heavy atom. The van der Waals surface area contributed by atoms with Crippen LogP contribution in [0.3, 0.4) is 0 Å². The summed E-state index contributed by atoms with van der Waals surface area (Å²) in [5, 5.41) is 7.23. The fourth-order valence-electron chi connectivity index (χ4n) is 2.03. The van der Waals surface area contributed by atoms with Crippen LogP contribution >= 0.6 is 0 Å². The van der Waals surface area contributed by atoms with Gasteiger partial charge in [0.1, 0.15) is 12.4 Å². The minimum atomic E-state index is -0.197. The molecule has 0 aliphatic carbocycles. The Labute approximate surface area is 114 Å². The number of aryl methyl sites for hydroxylation is 1. The lowest BCUT2D eigenvalue weighted by Gasteiger charge is -2.04. The van der Waals surface area contributed by atoms with Gasteiger partial charge in [-0.25, -0.2) is 19.4 Å². The molecule has 0 bridgehead atoms. The van der Waals surface area contributed by atoms with E-state index in [4.69, 9.17) is 0 Å². The van der Waals surface area contributed by atoms with Gasteiger partial charge in [-0.05, 0) is 19.1 Å². The van der Waals surface area contributed by atoms with E-state index in [1.165, 1.54) is 9.08 Å². The van der Waals surface area contributed by atoms with Gasteiger partial charge in [-0.15, -0.1) is 5.10 Å². The Morgan fingerprint density at radius 1 is 1.30 bits per heavy atom. The molecule has 0 aliphatic heterocycles. The highest BCUT2D eigenvalue weighted by Gasteiger charge is 2.09. The SMILES string of the molecule is CNc1cc(C)nc(Cn2nc3ccccn3c2=O)n1. The maximum absolute atomic E-state index is 12.2. The number of anilines is 1. The van der Waals surface area contributed by atoms with Crippen LogP contribution in [0.4, 0.5) is 5.82 Å². The van der Waals surface area contributed by atoms with Gasteiger partial charge in [0.05, 0.1) is 0 Å². The van der Waals surface area contributed by atoms with Gasteiger partial charge >= 0.3 is 5.69 Å². The van der Waals surface area contributed by atoms with Crippen LogP contribution in [0.15, 0.2) is 35.3 Å². The third kappa shape index (κ3) is 2.13. The van der Waals surface area contributed by atoms with Crippen molar-refractivity contribution >= 4 is 11.5 Å². The summed E-state index contributed by atoms with van der Waals surface area (Å²) in [4.78, 5) is 20.8. The van der Waals surface area contributed by atoms with Gasteiger partial charge in [0.25, 0.3) is 0 Å². The predicted octanol–water partition coefficient (Wildman–Crippen LogP) is 0.684. The normalized spacial score (nSPS) is 10.9. The van der Waals surface area contributed by atoms with Gasteiger partial charge in [0, 0.05) is 25.0 Å². The fraction of sp³-hybridized carbons (Fsp3) is 0.231. The second kappa shape index (κ2) is 4.76. The zero-order chi connectivity index (χ0) is 14.1. The average molecular weight is 270 g/mol. The molecule has 0 unspecified atom stereocenters. The van der Waals surface area contributed by atoms with Gasteiger partial charge < -0.3 is 5.32 Å². The molecule has 0 saturated heterocycles. The van der Waals surface area contributed by atoms with E-state index in [-0.39, 0.29) is 12.2 Å². The molecule has 0 fully saturated rings. The molecule has 20 heavy (non-hydrogen) atoms. The van der Waals surface area contributed by atoms with Crippen molar-refractivity contribution in [2.24, 2.45) is 0 Å². The molecule has 0 aliphatic rings. The van der Waals surface area contributed by atoms with E-state index in [2.05, 4.69) is 20.4 Å². The molecule has 3 rings (SSSR count). The average Bonchev–Trinajstić information content (AvgIpc) is 2.75. The Balaban J connectivity index is 2.03. The van der Waals surface area contributed by atoms with Gasteiger partial charge in [0.15, 0.2) is 11.5 Å². The van der Waals surface area contributed by atoms with E-state index >= 15 is 0 Å². The summed E-state index contributed by atoms with van der Waals surface area (Å²) in [6, 6.07) is 7.26.